The summed E-state index contributed by atoms with van der Waals surface area (Å²) >= 11 is 1.87. The van der Waals surface area contributed by atoms with Crippen LogP contribution in [-0.4, -0.2) is 19.3 Å². The first-order valence-electron chi connectivity index (χ1n) is 6.31. The monoisotopic (exact) mass is 233 g/mol. The molecular weight excluding hydrogens is 214 g/mol. The highest BCUT2D eigenvalue weighted by atomic mass is 32.2. The van der Waals surface area contributed by atoms with Gasteiger partial charge in [-0.15, -0.1) is 11.8 Å². The van der Waals surface area contributed by atoms with Crippen LogP contribution in [0.4, 0.5) is 5.69 Å². The molecule has 0 N–H and O–H groups in total. The van der Waals surface area contributed by atoms with E-state index in [2.05, 4.69) is 29.4 Å². The Hall–Kier alpha value is -0.630. The number of hydrogen-bond acceptors (Lipinski definition) is 2. The molecule has 0 bridgehead atoms. The normalized spacial score (nSPS) is 20.4. The summed E-state index contributed by atoms with van der Waals surface area (Å²) in [5.41, 5.74) is 3.04. The number of anilines is 1. The van der Waals surface area contributed by atoms with Crippen molar-refractivity contribution in [2.75, 3.05) is 24.2 Å². The number of thioether (sulfide) groups is 1. The minimum atomic E-state index is 0.869. The van der Waals surface area contributed by atoms with Crippen LogP contribution >= 0.6 is 11.8 Å². The smallest absolute Gasteiger partial charge is 0.0380 e. The van der Waals surface area contributed by atoms with Crippen molar-refractivity contribution in [2.45, 2.75) is 36.5 Å². The molecule has 0 radical (unpaired) electrons. The molecule has 1 aromatic rings. The Morgan fingerprint density at radius 3 is 2.50 bits per heavy atom. The number of benzene rings is 1. The molecule has 0 atom stereocenters. The summed E-state index contributed by atoms with van der Waals surface area (Å²) in [5, 5.41) is 0. The summed E-state index contributed by atoms with van der Waals surface area (Å²) in [4.78, 5) is 3.98. The molecule has 0 spiro atoms. The van der Waals surface area contributed by atoms with Crippen LogP contribution in [0, 0.1) is 0 Å². The van der Waals surface area contributed by atoms with Crippen molar-refractivity contribution in [3.05, 3.63) is 23.8 Å². The van der Waals surface area contributed by atoms with Crippen LogP contribution in [0.2, 0.25) is 0 Å². The van der Waals surface area contributed by atoms with Crippen LogP contribution in [-0.2, 0) is 0 Å². The van der Waals surface area contributed by atoms with E-state index in [1.54, 1.807) is 5.56 Å². The summed E-state index contributed by atoms with van der Waals surface area (Å²) in [7, 11) is 0. The number of hydrogen-bond donors (Lipinski definition) is 0. The molecule has 1 nitrogen and oxygen atoms in total. The molecule has 2 aliphatic rings. The van der Waals surface area contributed by atoms with Gasteiger partial charge in [0.2, 0.25) is 0 Å². The number of rotatable bonds is 3. The van der Waals surface area contributed by atoms with Gasteiger partial charge in [-0.3, -0.25) is 0 Å². The Labute approximate surface area is 102 Å². The largest absolute Gasteiger partial charge is 0.371 e. The van der Waals surface area contributed by atoms with Gasteiger partial charge < -0.3 is 4.90 Å². The third-order valence-electron chi connectivity index (χ3n) is 3.67. The van der Waals surface area contributed by atoms with Crippen molar-refractivity contribution >= 4 is 17.4 Å². The average molecular weight is 233 g/mol. The lowest BCUT2D eigenvalue weighted by atomic mass is 10.1. The highest BCUT2D eigenvalue weighted by Crippen LogP contribution is 2.42. The fraction of sp³-hybridized carbons (Fsp3) is 0.571. The maximum absolute atomic E-state index is 2.55. The molecule has 1 aromatic carbocycles. The fourth-order valence-electron chi connectivity index (χ4n) is 2.53. The standard InChI is InChI=1S/C14H19NS/c1-16-14-9-12(11-4-5-11)8-13(10-14)15-6-2-3-7-15/h8-11H,2-7H2,1H3. The molecule has 2 heteroatoms. The molecule has 1 aliphatic carbocycles. The third kappa shape index (κ3) is 2.08. The first kappa shape index (κ1) is 10.5. The van der Waals surface area contributed by atoms with Crippen molar-refractivity contribution in [3.8, 4) is 0 Å². The molecular formula is C14H19NS. The van der Waals surface area contributed by atoms with E-state index >= 15 is 0 Å². The van der Waals surface area contributed by atoms with Gasteiger partial charge in [0.25, 0.3) is 0 Å². The lowest BCUT2D eigenvalue weighted by Crippen LogP contribution is -2.17. The van der Waals surface area contributed by atoms with Gasteiger partial charge in [0.15, 0.2) is 0 Å². The molecule has 1 aliphatic heterocycles. The molecule has 86 valence electrons. The van der Waals surface area contributed by atoms with Crippen molar-refractivity contribution < 1.29 is 0 Å². The van der Waals surface area contributed by atoms with E-state index in [0.29, 0.717) is 0 Å². The minimum absolute atomic E-state index is 0.869. The zero-order valence-corrected chi connectivity index (χ0v) is 10.7. The van der Waals surface area contributed by atoms with E-state index in [9.17, 15) is 0 Å². The van der Waals surface area contributed by atoms with Crippen molar-refractivity contribution in [1.29, 1.82) is 0 Å². The second kappa shape index (κ2) is 4.33. The average Bonchev–Trinajstić information content (AvgIpc) is 3.04. The van der Waals surface area contributed by atoms with Crippen LogP contribution in [0.3, 0.4) is 0 Å². The van der Waals surface area contributed by atoms with Gasteiger partial charge in [-0.25, -0.2) is 0 Å². The Balaban J connectivity index is 1.92. The van der Waals surface area contributed by atoms with Gasteiger partial charge >= 0.3 is 0 Å². The van der Waals surface area contributed by atoms with E-state index in [-0.39, 0.29) is 0 Å². The SMILES string of the molecule is CSc1cc(C2CC2)cc(N2CCCC2)c1. The Morgan fingerprint density at radius 1 is 1.12 bits per heavy atom. The molecule has 2 fully saturated rings. The molecule has 1 saturated carbocycles. The molecule has 0 unspecified atom stereocenters. The van der Waals surface area contributed by atoms with Gasteiger partial charge in [0.1, 0.15) is 0 Å². The first-order valence-corrected chi connectivity index (χ1v) is 7.53. The molecule has 16 heavy (non-hydrogen) atoms. The molecule has 1 saturated heterocycles. The van der Waals surface area contributed by atoms with E-state index in [4.69, 9.17) is 0 Å². The van der Waals surface area contributed by atoms with Crippen molar-refractivity contribution in [3.63, 3.8) is 0 Å². The molecule has 1 heterocycles. The topological polar surface area (TPSA) is 3.24 Å². The van der Waals surface area contributed by atoms with Crippen LogP contribution in [0.1, 0.15) is 37.2 Å². The van der Waals surface area contributed by atoms with Gasteiger partial charge in [-0.1, -0.05) is 0 Å². The van der Waals surface area contributed by atoms with Crippen LogP contribution in [0.5, 0.6) is 0 Å². The minimum Gasteiger partial charge on any atom is -0.371 e. The fourth-order valence-corrected chi connectivity index (χ4v) is 3.03. The summed E-state index contributed by atoms with van der Waals surface area (Å²) in [5.74, 6) is 0.869. The number of nitrogens with zero attached hydrogens (tertiary/aromatic N) is 1. The summed E-state index contributed by atoms with van der Waals surface area (Å²) < 4.78 is 0. The van der Waals surface area contributed by atoms with Gasteiger partial charge in [-0.05, 0) is 61.6 Å². The maximum atomic E-state index is 2.55. The molecule has 0 amide bonds. The van der Waals surface area contributed by atoms with Gasteiger partial charge in [0, 0.05) is 23.7 Å². The predicted octanol–water partition coefficient (Wildman–Crippen LogP) is 3.89. The van der Waals surface area contributed by atoms with E-state index < -0.39 is 0 Å². The van der Waals surface area contributed by atoms with E-state index in [0.717, 1.165) is 5.92 Å². The van der Waals surface area contributed by atoms with E-state index in [1.807, 2.05) is 11.8 Å². The predicted molar refractivity (Wildman–Crippen MR) is 71.6 cm³/mol. The molecule has 3 rings (SSSR count). The lowest BCUT2D eigenvalue weighted by Gasteiger charge is -2.19. The first-order chi connectivity index (χ1) is 7.86. The highest BCUT2D eigenvalue weighted by molar-refractivity contribution is 7.98. The quantitative estimate of drug-likeness (QED) is 0.729. The Morgan fingerprint density at radius 2 is 1.88 bits per heavy atom. The Kier molecular flexibility index (Phi) is 2.84. The summed E-state index contributed by atoms with van der Waals surface area (Å²) in [6, 6.07) is 7.19. The van der Waals surface area contributed by atoms with Crippen LogP contribution in [0.25, 0.3) is 0 Å². The Bertz CT molecular complexity index is 378. The summed E-state index contributed by atoms with van der Waals surface area (Å²) in [6.45, 7) is 2.50. The third-order valence-corrected chi connectivity index (χ3v) is 4.38. The second-order valence-corrected chi connectivity index (χ2v) is 5.81. The van der Waals surface area contributed by atoms with Crippen LogP contribution in [0.15, 0.2) is 23.1 Å². The lowest BCUT2D eigenvalue weighted by molar-refractivity contribution is 0.949. The summed E-state index contributed by atoms with van der Waals surface area (Å²) in [6.07, 6.45) is 7.71. The van der Waals surface area contributed by atoms with E-state index in [1.165, 1.54) is 49.4 Å². The van der Waals surface area contributed by atoms with Gasteiger partial charge in [-0.2, -0.15) is 0 Å². The van der Waals surface area contributed by atoms with Gasteiger partial charge in [0.05, 0.1) is 0 Å². The van der Waals surface area contributed by atoms with Crippen molar-refractivity contribution in [2.24, 2.45) is 0 Å². The highest BCUT2D eigenvalue weighted by Gasteiger charge is 2.25. The van der Waals surface area contributed by atoms with Crippen LogP contribution < -0.4 is 4.90 Å². The maximum Gasteiger partial charge on any atom is 0.0380 e. The van der Waals surface area contributed by atoms with Crippen molar-refractivity contribution in [1.82, 2.24) is 0 Å². The zero-order valence-electron chi connectivity index (χ0n) is 9.91. The zero-order chi connectivity index (χ0) is 11.0. The second-order valence-electron chi connectivity index (χ2n) is 4.93. The molecule has 0 aromatic heterocycles.